The number of anilines is 1. The van der Waals surface area contributed by atoms with Crippen LogP contribution in [0.2, 0.25) is 0 Å². The van der Waals surface area contributed by atoms with Crippen LogP contribution in [0.25, 0.3) is 5.65 Å². The van der Waals surface area contributed by atoms with E-state index in [4.69, 9.17) is 0 Å². The van der Waals surface area contributed by atoms with Gasteiger partial charge in [-0.3, -0.25) is 9.48 Å². The summed E-state index contributed by atoms with van der Waals surface area (Å²) in [5, 5.41) is 11.5. The molecule has 0 fully saturated rings. The first-order valence-electron chi connectivity index (χ1n) is 8.42. The topological polar surface area (TPSA) is 77.1 Å². The van der Waals surface area contributed by atoms with Gasteiger partial charge in [-0.1, -0.05) is 18.2 Å². The van der Waals surface area contributed by atoms with Gasteiger partial charge in [0, 0.05) is 24.0 Å². The SMILES string of the molecule is Cc1nn(Cc2ccccc2F)c(C)c1NC(=O)c1cc2ncccn2n1. The van der Waals surface area contributed by atoms with Gasteiger partial charge in [-0.05, 0) is 26.0 Å². The van der Waals surface area contributed by atoms with Gasteiger partial charge in [0.2, 0.25) is 0 Å². The number of hydrogen-bond acceptors (Lipinski definition) is 4. The van der Waals surface area contributed by atoms with E-state index in [0.717, 1.165) is 5.69 Å². The number of aromatic nitrogens is 5. The minimum atomic E-state index is -0.350. The second kappa shape index (κ2) is 6.64. The highest BCUT2D eigenvalue weighted by Gasteiger charge is 2.18. The zero-order valence-corrected chi connectivity index (χ0v) is 14.8. The molecule has 0 saturated heterocycles. The lowest BCUT2D eigenvalue weighted by atomic mass is 10.2. The molecule has 0 spiro atoms. The van der Waals surface area contributed by atoms with Crippen molar-refractivity contribution in [2.45, 2.75) is 20.4 Å². The van der Waals surface area contributed by atoms with Crippen LogP contribution in [0.15, 0.2) is 48.8 Å². The lowest BCUT2D eigenvalue weighted by Crippen LogP contribution is -2.14. The molecule has 0 unspecified atom stereocenters. The lowest BCUT2D eigenvalue weighted by molar-refractivity contribution is 0.102. The maximum atomic E-state index is 13.9. The summed E-state index contributed by atoms with van der Waals surface area (Å²) in [7, 11) is 0. The molecule has 1 amide bonds. The molecule has 27 heavy (non-hydrogen) atoms. The standard InChI is InChI=1S/C19H17FN6O/c1-12-18(13(2)26(23-12)11-14-6-3-4-7-15(14)20)22-19(27)16-10-17-21-8-5-9-25(17)24-16/h3-10H,11H2,1-2H3,(H,22,27). The summed E-state index contributed by atoms with van der Waals surface area (Å²) < 4.78 is 17.1. The summed E-state index contributed by atoms with van der Waals surface area (Å²) in [6.45, 7) is 3.92. The third kappa shape index (κ3) is 3.17. The average Bonchev–Trinajstić information content (AvgIpc) is 3.20. The summed E-state index contributed by atoms with van der Waals surface area (Å²) in [5.41, 5.74) is 3.37. The largest absolute Gasteiger partial charge is 0.317 e. The number of halogens is 1. The van der Waals surface area contributed by atoms with Gasteiger partial charge >= 0.3 is 0 Å². The third-order valence-corrected chi connectivity index (χ3v) is 4.37. The number of rotatable bonds is 4. The third-order valence-electron chi connectivity index (χ3n) is 4.37. The molecule has 3 heterocycles. The van der Waals surface area contributed by atoms with Crippen LogP contribution in [0.5, 0.6) is 0 Å². The van der Waals surface area contributed by atoms with Gasteiger partial charge in [-0.25, -0.2) is 13.9 Å². The van der Waals surface area contributed by atoms with Crippen molar-refractivity contribution in [1.82, 2.24) is 24.4 Å². The number of carbonyl (C=O) groups is 1. The van der Waals surface area contributed by atoms with Crippen LogP contribution in [0.4, 0.5) is 10.1 Å². The Morgan fingerprint density at radius 2 is 2.00 bits per heavy atom. The number of hydrogen-bond donors (Lipinski definition) is 1. The lowest BCUT2D eigenvalue weighted by Gasteiger charge is -2.07. The molecule has 3 aromatic heterocycles. The monoisotopic (exact) mass is 364 g/mol. The first-order valence-corrected chi connectivity index (χ1v) is 8.42. The van der Waals surface area contributed by atoms with Crippen molar-refractivity contribution in [1.29, 1.82) is 0 Å². The van der Waals surface area contributed by atoms with E-state index in [-0.39, 0.29) is 24.0 Å². The van der Waals surface area contributed by atoms with Crippen molar-refractivity contribution in [3.8, 4) is 0 Å². The Bertz CT molecular complexity index is 1110. The zero-order valence-electron chi connectivity index (χ0n) is 14.8. The van der Waals surface area contributed by atoms with E-state index in [1.165, 1.54) is 10.6 Å². The number of benzene rings is 1. The summed E-state index contributed by atoms with van der Waals surface area (Å²) in [5.74, 6) is -0.634. The molecule has 1 aromatic carbocycles. The maximum Gasteiger partial charge on any atom is 0.276 e. The van der Waals surface area contributed by atoms with Gasteiger partial charge in [-0.15, -0.1) is 0 Å². The summed E-state index contributed by atoms with van der Waals surface area (Å²) in [6.07, 6.45) is 3.36. The van der Waals surface area contributed by atoms with E-state index in [1.807, 2.05) is 6.92 Å². The Morgan fingerprint density at radius 3 is 2.78 bits per heavy atom. The van der Waals surface area contributed by atoms with Gasteiger partial charge in [-0.2, -0.15) is 10.2 Å². The highest BCUT2D eigenvalue weighted by atomic mass is 19.1. The Hall–Kier alpha value is -3.55. The van der Waals surface area contributed by atoms with E-state index in [9.17, 15) is 9.18 Å². The maximum absolute atomic E-state index is 13.9. The fourth-order valence-electron chi connectivity index (χ4n) is 2.94. The highest BCUT2D eigenvalue weighted by Crippen LogP contribution is 2.22. The molecule has 4 aromatic rings. The van der Waals surface area contributed by atoms with Crippen LogP contribution in [-0.2, 0) is 6.54 Å². The van der Waals surface area contributed by atoms with Gasteiger partial charge in [0.25, 0.3) is 5.91 Å². The molecule has 1 N–H and O–H groups in total. The second-order valence-corrected chi connectivity index (χ2v) is 6.20. The number of nitrogens with zero attached hydrogens (tertiary/aromatic N) is 5. The number of amides is 1. The van der Waals surface area contributed by atoms with Crippen molar-refractivity contribution >= 4 is 17.2 Å². The van der Waals surface area contributed by atoms with E-state index in [0.29, 0.717) is 22.6 Å². The van der Waals surface area contributed by atoms with E-state index < -0.39 is 0 Å². The van der Waals surface area contributed by atoms with Crippen LogP contribution in [0.3, 0.4) is 0 Å². The molecular weight excluding hydrogens is 347 g/mol. The van der Waals surface area contributed by atoms with Crippen LogP contribution < -0.4 is 5.32 Å². The van der Waals surface area contributed by atoms with Crippen molar-refractivity contribution in [3.05, 3.63) is 77.3 Å². The van der Waals surface area contributed by atoms with E-state index in [1.54, 1.807) is 54.3 Å². The second-order valence-electron chi connectivity index (χ2n) is 6.20. The normalized spacial score (nSPS) is 11.1. The smallest absolute Gasteiger partial charge is 0.276 e. The van der Waals surface area contributed by atoms with Crippen molar-refractivity contribution in [3.63, 3.8) is 0 Å². The minimum Gasteiger partial charge on any atom is -0.317 e. The summed E-state index contributed by atoms with van der Waals surface area (Å²) in [6, 6.07) is 9.92. The zero-order chi connectivity index (χ0) is 19.0. The Labute approximate surface area is 154 Å². The molecule has 0 saturated carbocycles. The van der Waals surface area contributed by atoms with E-state index >= 15 is 0 Å². The molecule has 7 nitrogen and oxygen atoms in total. The Kier molecular flexibility index (Phi) is 4.15. The molecule has 0 bridgehead atoms. The Morgan fingerprint density at radius 1 is 1.19 bits per heavy atom. The van der Waals surface area contributed by atoms with Crippen molar-refractivity contribution in [2.24, 2.45) is 0 Å². The predicted octanol–water partition coefficient (Wildman–Crippen LogP) is 2.98. The van der Waals surface area contributed by atoms with Gasteiger partial charge in [0.1, 0.15) is 5.82 Å². The molecule has 0 aliphatic carbocycles. The summed E-state index contributed by atoms with van der Waals surface area (Å²) in [4.78, 5) is 16.8. The first-order chi connectivity index (χ1) is 13.0. The quantitative estimate of drug-likeness (QED) is 0.604. The fourth-order valence-corrected chi connectivity index (χ4v) is 2.94. The molecule has 0 radical (unpaired) electrons. The van der Waals surface area contributed by atoms with E-state index in [2.05, 4.69) is 20.5 Å². The van der Waals surface area contributed by atoms with Crippen LogP contribution in [0, 0.1) is 19.7 Å². The van der Waals surface area contributed by atoms with Crippen LogP contribution in [0.1, 0.15) is 27.4 Å². The van der Waals surface area contributed by atoms with Crippen LogP contribution >= 0.6 is 0 Å². The van der Waals surface area contributed by atoms with Gasteiger partial charge in [0.15, 0.2) is 11.3 Å². The molecule has 0 aliphatic heterocycles. The van der Waals surface area contributed by atoms with Crippen molar-refractivity contribution in [2.75, 3.05) is 5.32 Å². The first kappa shape index (κ1) is 16.9. The average molecular weight is 364 g/mol. The van der Waals surface area contributed by atoms with Crippen LogP contribution in [-0.4, -0.2) is 30.3 Å². The minimum absolute atomic E-state index is 0.259. The van der Waals surface area contributed by atoms with Crippen molar-refractivity contribution < 1.29 is 9.18 Å². The highest BCUT2D eigenvalue weighted by molar-refractivity contribution is 6.04. The molecule has 4 rings (SSSR count). The summed E-state index contributed by atoms with van der Waals surface area (Å²) >= 11 is 0. The van der Waals surface area contributed by atoms with Gasteiger partial charge in [0.05, 0.1) is 23.6 Å². The molecular formula is C19H17FN6O. The Balaban J connectivity index is 1.59. The predicted molar refractivity (Wildman–Crippen MR) is 98.1 cm³/mol. The molecule has 8 heteroatoms. The number of fused-ring (bicyclic) bond motifs is 1. The fraction of sp³-hybridized carbons (Fsp3) is 0.158. The molecule has 0 aliphatic rings. The molecule has 136 valence electrons. The number of nitrogens with one attached hydrogen (secondary N) is 1. The molecule has 0 atom stereocenters. The van der Waals surface area contributed by atoms with Gasteiger partial charge < -0.3 is 5.32 Å². The number of carbonyl (C=O) groups excluding carboxylic acids is 1. The number of aryl methyl sites for hydroxylation is 1.